The number of pyridine rings is 1. The molecule has 16 heavy (non-hydrogen) atoms. The molecule has 5 heteroatoms. The Morgan fingerprint density at radius 2 is 2.38 bits per heavy atom. The van der Waals surface area contributed by atoms with Crippen LogP contribution in [0, 0.1) is 11.3 Å². The van der Waals surface area contributed by atoms with Gasteiger partial charge in [0.05, 0.1) is 5.69 Å². The lowest BCUT2D eigenvalue weighted by Gasteiger charge is -2.09. The number of nitrogens with two attached hydrogens (primary N) is 1. The summed E-state index contributed by atoms with van der Waals surface area (Å²) >= 11 is 1.84. The van der Waals surface area contributed by atoms with Gasteiger partial charge in [0, 0.05) is 11.8 Å². The van der Waals surface area contributed by atoms with E-state index in [9.17, 15) is 0 Å². The lowest BCUT2D eigenvalue weighted by Crippen LogP contribution is -2.09. The van der Waals surface area contributed by atoms with Gasteiger partial charge >= 0.3 is 0 Å². The maximum Gasteiger partial charge on any atom is 0.165 e. The molecule has 0 amide bonds. The Hall–Kier alpha value is -1.41. The first-order valence-corrected chi connectivity index (χ1v) is 6.39. The number of nitriles is 1. The third kappa shape index (κ3) is 3.63. The summed E-state index contributed by atoms with van der Waals surface area (Å²) in [7, 11) is 0. The SMILES string of the molecule is CSC(C)CCNc1ccc(N)c(C#N)n1. The number of aromatic nitrogens is 1. The van der Waals surface area contributed by atoms with E-state index in [1.165, 1.54) is 0 Å². The molecule has 0 spiro atoms. The molecule has 0 saturated carbocycles. The molecule has 0 saturated heterocycles. The molecule has 86 valence electrons. The van der Waals surface area contributed by atoms with Gasteiger partial charge in [0.2, 0.25) is 0 Å². The minimum atomic E-state index is 0.280. The molecule has 0 aliphatic rings. The molecule has 1 rings (SSSR count). The van der Waals surface area contributed by atoms with Crippen LogP contribution in [0.2, 0.25) is 0 Å². The van der Waals surface area contributed by atoms with Crippen LogP contribution in [-0.4, -0.2) is 23.0 Å². The third-order valence-corrected chi connectivity index (χ3v) is 3.33. The van der Waals surface area contributed by atoms with Gasteiger partial charge < -0.3 is 11.1 Å². The van der Waals surface area contributed by atoms with Crippen molar-refractivity contribution in [1.82, 2.24) is 4.98 Å². The van der Waals surface area contributed by atoms with Gasteiger partial charge in [0.15, 0.2) is 5.69 Å². The van der Waals surface area contributed by atoms with Crippen molar-refractivity contribution < 1.29 is 0 Å². The summed E-state index contributed by atoms with van der Waals surface area (Å²) < 4.78 is 0. The first-order chi connectivity index (χ1) is 7.67. The van der Waals surface area contributed by atoms with E-state index in [1.807, 2.05) is 17.8 Å². The molecule has 1 unspecified atom stereocenters. The Labute approximate surface area is 100 Å². The van der Waals surface area contributed by atoms with E-state index in [4.69, 9.17) is 11.0 Å². The van der Waals surface area contributed by atoms with E-state index in [1.54, 1.807) is 12.1 Å². The quantitative estimate of drug-likeness (QED) is 0.818. The van der Waals surface area contributed by atoms with Gasteiger partial charge in [0.1, 0.15) is 11.9 Å². The standard InChI is InChI=1S/C11H16N4S/c1-8(16-2)5-6-14-11-4-3-9(13)10(7-12)15-11/h3-4,8H,5-6,13H2,1-2H3,(H,14,15). The number of hydrogen-bond acceptors (Lipinski definition) is 5. The fraction of sp³-hybridized carbons (Fsp3) is 0.455. The number of nitrogens with zero attached hydrogens (tertiary/aromatic N) is 2. The monoisotopic (exact) mass is 236 g/mol. The molecule has 1 atom stereocenters. The molecule has 0 aliphatic heterocycles. The van der Waals surface area contributed by atoms with Crippen molar-refractivity contribution in [3.63, 3.8) is 0 Å². The van der Waals surface area contributed by atoms with Gasteiger partial charge in [-0.3, -0.25) is 0 Å². The summed E-state index contributed by atoms with van der Waals surface area (Å²) in [5, 5.41) is 12.6. The second kappa shape index (κ2) is 6.23. The summed E-state index contributed by atoms with van der Waals surface area (Å²) in [6.45, 7) is 3.03. The second-order valence-electron chi connectivity index (χ2n) is 3.51. The number of anilines is 2. The second-order valence-corrected chi connectivity index (χ2v) is 4.78. The Kier molecular flexibility index (Phi) is 4.93. The summed E-state index contributed by atoms with van der Waals surface area (Å²) in [4.78, 5) is 4.11. The fourth-order valence-corrected chi connectivity index (χ4v) is 1.53. The van der Waals surface area contributed by atoms with Crippen LogP contribution in [0.15, 0.2) is 12.1 Å². The van der Waals surface area contributed by atoms with E-state index in [0.29, 0.717) is 16.8 Å². The highest BCUT2D eigenvalue weighted by atomic mass is 32.2. The van der Waals surface area contributed by atoms with Gasteiger partial charge in [-0.1, -0.05) is 6.92 Å². The zero-order valence-electron chi connectivity index (χ0n) is 9.53. The first kappa shape index (κ1) is 12.7. The van der Waals surface area contributed by atoms with E-state index < -0.39 is 0 Å². The topological polar surface area (TPSA) is 74.7 Å². The van der Waals surface area contributed by atoms with Crippen molar-refractivity contribution in [3.05, 3.63) is 17.8 Å². The average molecular weight is 236 g/mol. The van der Waals surface area contributed by atoms with Crippen LogP contribution in [0.3, 0.4) is 0 Å². The number of hydrogen-bond donors (Lipinski definition) is 2. The smallest absolute Gasteiger partial charge is 0.165 e. The summed E-state index contributed by atoms with van der Waals surface area (Å²) in [5.41, 5.74) is 6.28. The molecule has 3 N–H and O–H groups in total. The molecular formula is C11H16N4S. The number of nitrogens with one attached hydrogen (secondary N) is 1. The molecule has 0 fully saturated rings. The van der Waals surface area contributed by atoms with Gasteiger partial charge in [-0.25, -0.2) is 4.98 Å². The number of thioether (sulfide) groups is 1. The molecule has 0 bridgehead atoms. The summed E-state index contributed by atoms with van der Waals surface area (Å²) in [6.07, 6.45) is 3.16. The zero-order valence-corrected chi connectivity index (χ0v) is 10.3. The predicted molar refractivity (Wildman–Crippen MR) is 69.4 cm³/mol. The van der Waals surface area contributed by atoms with E-state index in [0.717, 1.165) is 13.0 Å². The van der Waals surface area contributed by atoms with Crippen molar-refractivity contribution >= 4 is 23.3 Å². The maximum atomic E-state index is 8.77. The fourth-order valence-electron chi connectivity index (χ4n) is 1.18. The highest BCUT2D eigenvalue weighted by Crippen LogP contribution is 2.13. The molecule has 1 aromatic rings. The molecule has 4 nitrogen and oxygen atoms in total. The van der Waals surface area contributed by atoms with Gasteiger partial charge in [-0.15, -0.1) is 0 Å². The number of rotatable bonds is 5. The van der Waals surface area contributed by atoms with Gasteiger partial charge in [0.25, 0.3) is 0 Å². The normalized spacial score (nSPS) is 11.8. The summed E-state index contributed by atoms with van der Waals surface area (Å²) in [5.74, 6) is 0.707. The maximum absolute atomic E-state index is 8.77. The number of nitrogen functional groups attached to an aromatic ring is 1. The van der Waals surface area contributed by atoms with Crippen molar-refractivity contribution in [1.29, 1.82) is 5.26 Å². The van der Waals surface area contributed by atoms with E-state index >= 15 is 0 Å². The Morgan fingerprint density at radius 3 is 3.00 bits per heavy atom. The molecule has 1 aromatic heterocycles. The molecule has 0 radical (unpaired) electrons. The lowest BCUT2D eigenvalue weighted by atomic mass is 10.3. The summed E-state index contributed by atoms with van der Waals surface area (Å²) in [6, 6.07) is 5.46. The lowest BCUT2D eigenvalue weighted by molar-refractivity contribution is 0.850. The molecule has 0 aliphatic carbocycles. The zero-order chi connectivity index (χ0) is 12.0. The van der Waals surface area contributed by atoms with Crippen LogP contribution in [-0.2, 0) is 0 Å². The van der Waals surface area contributed by atoms with Crippen molar-refractivity contribution in [2.24, 2.45) is 0 Å². The van der Waals surface area contributed by atoms with Crippen LogP contribution in [0.1, 0.15) is 19.0 Å². The van der Waals surface area contributed by atoms with Gasteiger partial charge in [-0.2, -0.15) is 17.0 Å². The average Bonchev–Trinajstić information content (AvgIpc) is 2.31. The van der Waals surface area contributed by atoms with E-state index in [-0.39, 0.29) is 5.69 Å². The van der Waals surface area contributed by atoms with Crippen molar-refractivity contribution in [3.8, 4) is 6.07 Å². The largest absolute Gasteiger partial charge is 0.396 e. The van der Waals surface area contributed by atoms with Crippen LogP contribution < -0.4 is 11.1 Å². The van der Waals surface area contributed by atoms with E-state index in [2.05, 4.69) is 23.5 Å². The highest BCUT2D eigenvalue weighted by molar-refractivity contribution is 7.99. The minimum absolute atomic E-state index is 0.280. The Morgan fingerprint density at radius 1 is 1.62 bits per heavy atom. The van der Waals surface area contributed by atoms with Crippen LogP contribution in [0.5, 0.6) is 0 Å². The first-order valence-electron chi connectivity index (χ1n) is 5.10. The Bertz CT molecular complexity index is 386. The third-order valence-electron chi connectivity index (χ3n) is 2.29. The molecular weight excluding hydrogens is 220 g/mol. The minimum Gasteiger partial charge on any atom is -0.396 e. The molecule has 0 aromatic carbocycles. The van der Waals surface area contributed by atoms with Crippen LogP contribution in [0.25, 0.3) is 0 Å². The highest BCUT2D eigenvalue weighted by Gasteiger charge is 2.02. The van der Waals surface area contributed by atoms with Crippen LogP contribution >= 0.6 is 11.8 Å². The van der Waals surface area contributed by atoms with Crippen molar-refractivity contribution in [2.75, 3.05) is 23.9 Å². The predicted octanol–water partition coefficient (Wildman–Crippen LogP) is 2.09. The van der Waals surface area contributed by atoms with Gasteiger partial charge in [-0.05, 0) is 24.8 Å². The van der Waals surface area contributed by atoms with Crippen LogP contribution in [0.4, 0.5) is 11.5 Å². The molecule has 1 heterocycles. The van der Waals surface area contributed by atoms with Crippen molar-refractivity contribution in [2.45, 2.75) is 18.6 Å². The Balaban J connectivity index is 2.52.